The van der Waals surface area contributed by atoms with Crippen LogP contribution in [0.3, 0.4) is 0 Å². The lowest BCUT2D eigenvalue weighted by Gasteiger charge is -2.32. The van der Waals surface area contributed by atoms with Crippen molar-refractivity contribution >= 4 is 5.82 Å². The zero-order valence-electron chi connectivity index (χ0n) is 13.0. The van der Waals surface area contributed by atoms with Gasteiger partial charge in [0.2, 0.25) is 0 Å². The molecule has 1 fully saturated rings. The van der Waals surface area contributed by atoms with Crippen LogP contribution in [-0.4, -0.2) is 40.5 Å². The summed E-state index contributed by atoms with van der Waals surface area (Å²) >= 11 is 0. The molecule has 21 heavy (non-hydrogen) atoms. The average molecular weight is 287 g/mol. The number of aromatic nitrogens is 2. The number of hydrogen-bond donors (Lipinski definition) is 1. The highest BCUT2D eigenvalue weighted by atomic mass is 15.1. The molecule has 1 aromatic heterocycles. The molecule has 1 aliphatic rings. The number of rotatable bonds is 6. The summed E-state index contributed by atoms with van der Waals surface area (Å²) in [5.74, 6) is 1.52. The van der Waals surface area contributed by atoms with Crippen molar-refractivity contribution in [2.45, 2.75) is 45.6 Å². The Morgan fingerprint density at radius 1 is 1.38 bits per heavy atom. The van der Waals surface area contributed by atoms with Crippen molar-refractivity contribution in [3.05, 3.63) is 18.1 Å². The van der Waals surface area contributed by atoms with Crippen LogP contribution in [0.4, 0.5) is 5.82 Å². The third-order valence-corrected chi connectivity index (χ3v) is 3.94. The Hall–Kier alpha value is -1.67. The Labute approximate surface area is 127 Å². The summed E-state index contributed by atoms with van der Waals surface area (Å²) in [4.78, 5) is 10.8. The summed E-state index contributed by atoms with van der Waals surface area (Å²) in [5.41, 5.74) is 0.367. The van der Waals surface area contributed by atoms with Crippen LogP contribution in [0.5, 0.6) is 0 Å². The molecular formula is C16H25N5. The minimum atomic E-state index is 0.367. The standard InChI is InChI=1S/C16H25N5/c1-13(2)4-3-7-21-8-5-14(6-9-21)19-16-12-18-11-15(10-17)20-16/h11-14H,3-9H2,1-2H3,(H,19,20). The topological polar surface area (TPSA) is 64.8 Å². The smallest absolute Gasteiger partial charge is 0.161 e. The molecule has 114 valence electrons. The molecule has 1 aromatic rings. The van der Waals surface area contributed by atoms with E-state index in [-0.39, 0.29) is 0 Å². The lowest BCUT2D eigenvalue weighted by atomic mass is 10.0. The summed E-state index contributed by atoms with van der Waals surface area (Å²) in [6, 6.07) is 2.46. The van der Waals surface area contributed by atoms with E-state index >= 15 is 0 Å². The second-order valence-corrected chi connectivity index (χ2v) is 6.20. The molecule has 5 nitrogen and oxygen atoms in total. The van der Waals surface area contributed by atoms with Gasteiger partial charge in [0.25, 0.3) is 0 Å². The van der Waals surface area contributed by atoms with E-state index in [1.165, 1.54) is 25.6 Å². The minimum absolute atomic E-state index is 0.367. The molecule has 0 aromatic carbocycles. The molecule has 0 radical (unpaired) electrons. The van der Waals surface area contributed by atoms with Crippen molar-refractivity contribution in [1.82, 2.24) is 14.9 Å². The van der Waals surface area contributed by atoms with Crippen molar-refractivity contribution in [2.24, 2.45) is 5.92 Å². The van der Waals surface area contributed by atoms with Crippen LogP contribution in [0.25, 0.3) is 0 Å². The highest BCUT2D eigenvalue weighted by Crippen LogP contribution is 2.16. The highest BCUT2D eigenvalue weighted by Gasteiger charge is 2.19. The van der Waals surface area contributed by atoms with Crippen LogP contribution in [0.2, 0.25) is 0 Å². The Bertz CT molecular complexity index is 472. The molecular weight excluding hydrogens is 262 g/mol. The van der Waals surface area contributed by atoms with Crippen molar-refractivity contribution in [3.63, 3.8) is 0 Å². The van der Waals surface area contributed by atoms with Gasteiger partial charge in [-0.2, -0.15) is 5.26 Å². The SMILES string of the molecule is CC(C)CCCN1CCC(Nc2cncc(C#N)n2)CC1. The van der Waals surface area contributed by atoms with Gasteiger partial charge in [0.05, 0.1) is 12.4 Å². The largest absolute Gasteiger partial charge is 0.366 e. The van der Waals surface area contributed by atoms with Crippen LogP contribution in [-0.2, 0) is 0 Å². The lowest BCUT2D eigenvalue weighted by Crippen LogP contribution is -2.39. The van der Waals surface area contributed by atoms with E-state index in [0.717, 1.165) is 31.8 Å². The number of anilines is 1. The fourth-order valence-corrected chi connectivity index (χ4v) is 2.72. The normalized spacial score (nSPS) is 16.9. The summed E-state index contributed by atoms with van der Waals surface area (Å²) < 4.78 is 0. The predicted octanol–water partition coefficient (Wildman–Crippen LogP) is 2.66. The highest BCUT2D eigenvalue weighted by molar-refractivity contribution is 5.35. The minimum Gasteiger partial charge on any atom is -0.366 e. The molecule has 0 amide bonds. The van der Waals surface area contributed by atoms with Crippen LogP contribution in [0, 0.1) is 17.2 Å². The van der Waals surface area contributed by atoms with Crippen molar-refractivity contribution in [1.29, 1.82) is 5.26 Å². The van der Waals surface area contributed by atoms with Gasteiger partial charge in [0.15, 0.2) is 5.69 Å². The number of likely N-dealkylation sites (tertiary alicyclic amines) is 1. The van der Waals surface area contributed by atoms with Crippen molar-refractivity contribution < 1.29 is 0 Å². The van der Waals surface area contributed by atoms with Crippen LogP contribution in [0.15, 0.2) is 12.4 Å². The first-order valence-corrected chi connectivity index (χ1v) is 7.88. The monoisotopic (exact) mass is 287 g/mol. The quantitative estimate of drug-likeness (QED) is 0.871. The Balaban J connectivity index is 1.72. The Kier molecular flexibility index (Phi) is 5.94. The van der Waals surface area contributed by atoms with Crippen LogP contribution < -0.4 is 5.32 Å². The van der Waals surface area contributed by atoms with Crippen LogP contribution >= 0.6 is 0 Å². The molecule has 2 heterocycles. The molecule has 0 spiro atoms. The van der Waals surface area contributed by atoms with Crippen molar-refractivity contribution in [2.75, 3.05) is 25.0 Å². The van der Waals surface area contributed by atoms with Gasteiger partial charge in [-0.15, -0.1) is 0 Å². The molecule has 1 N–H and O–H groups in total. The number of piperidine rings is 1. The molecule has 0 saturated carbocycles. The van der Waals surface area contributed by atoms with E-state index < -0.39 is 0 Å². The fourth-order valence-electron chi connectivity index (χ4n) is 2.72. The summed E-state index contributed by atoms with van der Waals surface area (Å²) in [6.45, 7) is 8.07. The maximum atomic E-state index is 8.84. The van der Waals surface area contributed by atoms with E-state index in [9.17, 15) is 0 Å². The molecule has 1 aliphatic heterocycles. The first-order chi connectivity index (χ1) is 10.2. The van der Waals surface area contributed by atoms with Crippen molar-refractivity contribution in [3.8, 4) is 6.07 Å². The third kappa shape index (κ3) is 5.31. The molecule has 2 rings (SSSR count). The second-order valence-electron chi connectivity index (χ2n) is 6.20. The third-order valence-electron chi connectivity index (χ3n) is 3.94. The predicted molar refractivity (Wildman–Crippen MR) is 83.9 cm³/mol. The van der Waals surface area contributed by atoms with Crippen LogP contribution in [0.1, 0.15) is 45.2 Å². The van der Waals surface area contributed by atoms with E-state index in [2.05, 4.69) is 34.0 Å². The first kappa shape index (κ1) is 15.7. The van der Waals surface area contributed by atoms with E-state index in [1.807, 2.05) is 6.07 Å². The molecule has 0 unspecified atom stereocenters. The maximum Gasteiger partial charge on any atom is 0.161 e. The number of nitrogens with one attached hydrogen (secondary N) is 1. The fraction of sp³-hybridized carbons (Fsp3) is 0.688. The van der Waals surface area contributed by atoms with Gasteiger partial charge in [0.1, 0.15) is 11.9 Å². The summed E-state index contributed by atoms with van der Waals surface area (Å²) in [7, 11) is 0. The molecule has 5 heteroatoms. The second kappa shape index (κ2) is 7.94. The lowest BCUT2D eigenvalue weighted by molar-refractivity contribution is 0.212. The first-order valence-electron chi connectivity index (χ1n) is 7.88. The van der Waals surface area contributed by atoms with E-state index in [4.69, 9.17) is 5.26 Å². The molecule has 1 saturated heterocycles. The molecule has 0 aliphatic carbocycles. The average Bonchev–Trinajstić information content (AvgIpc) is 2.49. The maximum absolute atomic E-state index is 8.84. The summed E-state index contributed by atoms with van der Waals surface area (Å²) in [6.07, 6.45) is 8.04. The molecule has 0 atom stereocenters. The van der Waals surface area contributed by atoms with Gasteiger partial charge in [0, 0.05) is 19.1 Å². The van der Waals surface area contributed by atoms with Gasteiger partial charge >= 0.3 is 0 Å². The van der Waals surface area contributed by atoms with E-state index in [1.54, 1.807) is 6.20 Å². The number of hydrogen-bond acceptors (Lipinski definition) is 5. The zero-order chi connectivity index (χ0) is 15.1. The summed E-state index contributed by atoms with van der Waals surface area (Å²) in [5, 5.41) is 12.2. The zero-order valence-corrected chi connectivity index (χ0v) is 13.0. The number of nitrogens with zero attached hydrogens (tertiary/aromatic N) is 4. The van der Waals surface area contributed by atoms with Gasteiger partial charge < -0.3 is 10.2 Å². The van der Waals surface area contributed by atoms with Gasteiger partial charge in [-0.05, 0) is 38.1 Å². The van der Waals surface area contributed by atoms with Gasteiger partial charge in [-0.3, -0.25) is 4.98 Å². The Morgan fingerprint density at radius 3 is 2.81 bits per heavy atom. The number of nitriles is 1. The molecule has 0 bridgehead atoms. The Morgan fingerprint density at radius 2 is 2.14 bits per heavy atom. The van der Waals surface area contributed by atoms with E-state index in [0.29, 0.717) is 17.6 Å². The van der Waals surface area contributed by atoms with Gasteiger partial charge in [-0.1, -0.05) is 13.8 Å². The van der Waals surface area contributed by atoms with Gasteiger partial charge in [-0.25, -0.2) is 4.98 Å².